The van der Waals surface area contributed by atoms with E-state index in [1.54, 1.807) is 25.3 Å². The lowest BCUT2D eigenvalue weighted by atomic mass is 9.95. The first-order chi connectivity index (χ1) is 11.5. The first-order valence-electron chi connectivity index (χ1n) is 7.74. The van der Waals surface area contributed by atoms with Crippen molar-refractivity contribution in [2.24, 2.45) is 5.92 Å². The van der Waals surface area contributed by atoms with Gasteiger partial charge in [0.05, 0.1) is 25.8 Å². The van der Waals surface area contributed by atoms with Gasteiger partial charge in [0.2, 0.25) is 0 Å². The molecule has 0 fully saturated rings. The number of halogens is 1. The van der Waals surface area contributed by atoms with E-state index in [1.165, 1.54) is 7.11 Å². The molecule has 1 unspecified atom stereocenters. The maximum absolute atomic E-state index is 12.7. The third-order valence-electron chi connectivity index (χ3n) is 3.83. The van der Waals surface area contributed by atoms with Crippen molar-refractivity contribution in [1.82, 2.24) is 5.32 Å². The van der Waals surface area contributed by atoms with Crippen LogP contribution in [0.2, 0.25) is 5.02 Å². The molecule has 0 saturated heterocycles. The van der Waals surface area contributed by atoms with Gasteiger partial charge in [0.25, 0.3) is 5.91 Å². The van der Waals surface area contributed by atoms with Crippen LogP contribution in [0.25, 0.3) is 0 Å². The number of hydrogen-bond acceptors (Lipinski definition) is 3. The van der Waals surface area contributed by atoms with Crippen LogP contribution in [0.1, 0.15) is 35.8 Å². The van der Waals surface area contributed by atoms with Gasteiger partial charge in [-0.1, -0.05) is 37.6 Å². The smallest absolute Gasteiger partial charge is 0.255 e. The fourth-order valence-corrected chi connectivity index (χ4v) is 2.69. The van der Waals surface area contributed by atoms with Crippen molar-refractivity contribution in [3.63, 3.8) is 0 Å². The second-order valence-electron chi connectivity index (χ2n) is 5.81. The van der Waals surface area contributed by atoms with E-state index >= 15 is 0 Å². The van der Waals surface area contributed by atoms with Gasteiger partial charge < -0.3 is 14.8 Å². The van der Waals surface area contributed by atoms with E-state index < -0.39 is 0 Å². The average Bonchev–Trinajstić information content (AvgIpc) is 2.59. The van der Waals surface area contributed by atoms with E-state index in [-0.39, 0.29) is 17.9 Å². The van der Waals surface area contributed by atoms with Gasteiger partial charge in [-0.25, -0.2) is 0 Å². The monoisotopic (exact) mass is 347 g/mol. The molecule has 0 aromatic heterocycles. The molecular formula is C19H22ClNO3. The number of ether oxygens (including phenoxy) is 2. The molecule has 0 aliphatic rings. The van der Waals surface area contributed by atoms with Crippen LogP contribution in [-0.4, -0.2) is 20.1 Å². The van der Waals surface area contributed by atoms with Gasteiger partial charge in [0, 0.05) is 5.02 Å². The molecule has 0 radical (unpaired) electrons. The second kappa shape index (κ2) is 8.06. The highest BCUT2D eigenvalue weighted by molar-refractivity contribution is 6.31. The number of carbonyl (C=O) groups is 1. The maximum atomic E-state index is 12.7. The molecule has 128 valence electrons. The third-order valence-corrected chi connectivity index (χ3v) is 4.07. The summed E-state index contributed by atoms with van der Waals surface area (Å²) in [4.78, 5) is 12.7. The number of carbonyl (C=O) groups excluding carboxylic acids is 1. The van der Waals surface area contributed by atoms with Crippen LogP contribution < -0.4 is 14.8 Å². The van der Waals surface area contributed by atoms with E-state index in [1.807, 2.05) is 24.3 Å². The molecule has 1 N–H and O–H groups in total. The molecule has 5 heteroatoms. The van der Waals surface area contributed by atoms with Crippen LogP contribution in [0, 0.1) is 5.92 Å². The Morgan fingerprint density at radius 1 is 1.04 bits per heavy atom. The van der Waals surface area contributed by atoms with E-state index in [9.17, 15) is 4.79 Å². The standard InChI is InChI=1S/C19H22ClNO3/c1-12(2)18(13-5-8-15(23-3)9-6-13)21-19(22)16-11-14(20)7-10-17(16)24-4/h5-12,18H,1-4H3,(H,21,22). The van der Waals surface area contributed by atoms with Crippen molar-refractivity contribution in [1.29, 1.82) is 0 Å². The van der Waals surface area contributed by atoms with E-state index in [4.69, 9.17) is 21.1 Å². The Labute approximate surface area is 147 Å². The van der Waals surface area contributed by atoms with Crippen LogP contribution in [0.5, 0.6) is 11.5 Å². The lowest BCUT2D eigenvalue weighted by Gasteiger charge is -2.23. The summed E-state index contributed by atoms with van der Waals surface area (Å²) in [5.74, 6) is 1.27. The number of amides is 1. The third kappa shape index (κ3) is 4.20. The van der Waals surface area contributed by atoms with Crippen molar-refractivity contribution >= 4 is 17.5 Å². The largest absolute Gasteiger partial charge is 0.497 e. The summed E-state index contributed by atoms with van der Waals surface area (Å²) < 4.78 is 10.4. The van der Waals surface area contributed by atoms with Crippen molar-refractivity contribution < 1.29 is 14.3 Å². The quantitative estimate of drug-likeness (QED) is 0.837. The molecule has 1 amide bonds. The van der Waals surface area contributed by atoms with Gasteiger partial charge in [0.15, 0.2) is 0 Å². The predicted octanol–water partition coefficient (Wildman–Crippen LogP) is 4.48. The Morgan fingerprint density at radius 3 is 2.25 bits per heavy atom. The summed E-state index contributed by atoms with van der Waals surface area (Å²) in [6.45, 7) is 4.12. The minimum Gasteiger partial charge on any atom is -0.497 e. The molecule has 24 heavy (non-hydrogen) atoms. The first-order valence-corrected chi connectivity index (χ1v) is 8.12. The van der Waals surface area contributed by atoms with E-state index in [2.05, 4.69) is 19.2 Å². The molecule has 2 rings (SSSR count). The van der Waals surface area contributed by atoms with Crippen molar-refractivity contribution in [3.05, 3.63) is 58.6 Å². The Bertz CT molecular complexity index is 698. The van der Waals surface area contributed by atoms with Gasteiger partial charge in [-0.2, -0.15) is 0 Å². The molecule has 0 heterocycles. The molecule has 1 atom stereocenters. The number of methoxy groups -OCH3 is 2. The molecule has 0 aliphatic carbocycles. The molecule has 0 saturated carbocycles. The minimum atomic E-state index is -0.219. The highest BCUT2D eigenvalue weighted by Gasteiger charge is 2.21. The number of hydrogen-bond donors (Lipinski definition) is 1. The molecule has 2 aromatic carbocycles. The predicted molar refractivity (Wildman–Crippen MR) is 96.0 cm³/mol. The minimum absolute atomic E-state index is 0.132. The van der Waals surface area contributed by atoms with E-state index in [0.29, 0.717) is 16.3 Å². The topological polar surface area (TPSA) is 47.6 Å². The molecule has 4 nitrogen and oxygen atoms in total. The summed E-state index contributed by atoms with van der Waals surface area (Å²) in [6, 6.07) is 12.6. The Balaban J connectivity index is 2.27. The summed E-state index contributed by atoms with van der Waals surface area (Å²) in [7, 11) is 3.16. The van der Waals surface area contributed by atoms with Crippen molar-refractivity contribution in [2.75, 3.05) is 14.2 Å². The summed E-state index contributed by atoms with van der Waals surface area (Å²) in [6.07, 6.45) is 0. The van der Waals surface area contributed by atoms with Crippen LogP contribution >= 0.6 is 11.6 Å². The molecule has 0 bridgehead atoms. The van der Waals surface area contributed by atoms with Crippen LogP contribution in [0.3, 0.4) is 0 Å². The van der Waals surface area contributed by atoms with Crippen molar-refractivity contribution in [2.45, 2.75) is 19.9 Å². The normalized spacial score (nSPS) is 11.9. The SMILES string of the molecule is COc1ccc(C(NC(=O)c2cc(Cl)ccc2OC)C(C)C)cc1. The number of nitrogens with one attached hydrogen (secondary N) is 1. The number of rotatable bonds is 6. The van der Waals surface area contributed by atoms with Gasteiger partial charge >= 0.3 is 0 Å². The molecule has 0 aliphatic heterocycles. The van der Waals surface area contributed by atoms with Crippen LogP contribution in [-0.2, 0) is 0 Å². The Kier molecular flexibility index (Phi) is 6.10. The average molecular weight is 348 g/mol. The summed E-state index contributed by atoms with van der Waals surface area (Å²) in [5, 5.41) is 3.56. The molecule has 0 spiro atoms. The fourth-order valence-electron chi connectivity index (χ4n) is 2.52. The van der Waals surface area contributed by atoms with Crippen LogP contribution in [0.15, 0.2) is 42.5 Å². The highest BCUT2D eigenvalue weighted by Crippen LogP contribution is 2.27. The zero-order valence-electron chi connectivity index (χ0n) is 14.3. The Morgan fingerprint density at radius 2 is 1.71 bits per heavy atom. The molecular weight excluding hydrogens is 326 g/mol. The maximum Gasteiger partial charge on any atom is 0.255 e. The van der Waals surface area contributed by atoms with Gasteiger partial charge in [-0.15, -0.1) is 0 Å². The zero-order valence-corrected chi connectivity index (χ0v) is 15.1. The highest BCUT2D eigenvalue weighted by atomic mass is 35.5. The van der Waals surface area contributed by atoms with Crippen molar-refractivity contribution in [3.8, 4) is 11.5 Å². The van der Waals surface area contributed by atoms with E-state index in [0.717, 1.165) is 11.3 Å². The molecule has 2 aromatic rings. The van der Waals surface area contributed by atoms with Crippen LogP contribution in [0.4, 0.5) is 0 Å². The fraction of sp³-hybridized carbons (Fsp3) is 0.316. The van der Waals surface area contributed by atoms with Gasteiger partial charge in [-0.05, 0) is 41.8 Å². The second-order valence-corrected chi connectivity index (χ2v) is 6.25. The summed E-state index contributed by atoms with van der Waals surface area (Å²) in [5.41, 5.74) is 1.43. The van der Waals surface area contributed by atoms with Gasteiger partial charge in [-0.3, -0.25) is 4.79 Å². The van der Waals surface area contributed by atoms with Gasteiger partial charge in [0.1, 0.15) is 11.5 Å². The Hall–Kier alpha value is -2.20. The lowest BCUT2D eigenvalue weighted by Crippen LogP contribution is -2.32. The lowest BCUT2D eigenvalue weighted by molar-refractivity contribution is 0.0922. The first kappa shape index (κ1) is 18.1. The number of benzene rings is 2. The summed E-state index contributed by atoms with van der Waals surface area (Å²) >= 11 is 6.02. The zero-order chi connectivity index (χ0) is 17.7.